The van der Waals surface area contributed by atoms with Crippen LogP contribution >= 0.6 is 0 Å². The number of hydrogen-bond donors (Lipinski definition) is 1. The van der Waals surface area contributed by atoms with E-state index >= 15 is 0 Å². The molecule has 2 rings (SSSR count). The maximum atomic E-state index is 5.80. The largest absolute Gasteiger partial charge is 0.495 e. The summed E-state index contributed by atoms with van der Waals surface area (Å²) in [6.45, 7) is 0. The van der Waals surface area contributed by atoms with Crippen molar-refractivity contribution in [2.75, 3.05) is 19.1 Å². The number of hydrogen-bond acceptors (Lipinski definition) is 3. The number of para-hydroxylation sites is 2. The molecule has 82 valence electrons. The van der Waals surface area contributed by atoms with Gasteiger partial charge in [0.2, 0.25) is 0 Å². The molecule has 0 unspecified atom stereocenters. The van der Waals surface area contributed by atoms with Gasteiger partial charge in [-0.1, -0.05) is 12.1 Å². The van der Waals surface area contributed by atoms with Gasteiger partial charge in [-0.25, -0.2) is 0 Å². The van der Waals surface area contributed by atoms with Crippen LogP contribution in [0.3, 0.4) is 0 Å². The second kappa shape index (κ2) is 4.11. The molecule has 1 saturated carbocycles. The van der Waals surface area contributed by atoms with Crippen molar-refractivity contribution < 1.29 is 4.74 Å². The van der Waals surface area contributed by atoms with Crippen molar-refractivity contribution in [1.82, 2.24) is 0 Å². The summed E-state index contributed by atoms with van der Waals surface area (Å²) < 4.78 is 5.34. The van der Waals surface area contributed by atoms with Crippen molar-refractivity contribution in [1.29, 1.82) is 0 Å². The van der Waals surface area contributed by atoms with E-state index in [2.05, 4.69) is 18.0 Å². The molecule has 2 N–H and O–H groups in total. The summed E-state index contributed by atoms with van der Waals surface area (Å²) in [6, 6.07) is 9.05. The van der Waals surface area contributed by atoms with Crippen LogP contribution in [0.15, 0.2) is 24.3 Å². The second-order valence-electron chi connectivity index (χ2n) is 4.17. The predicted molar refractivity (Wildman–Crippen MR) is 62.4 cm³/mol. The molecule has 0 radical (unpaired) electrons. The fourth-order valence-electron chi connectivity index (χ4n) is 2.06. The zero-order chi connectivity index (χ0) is 10.8. The van der Waals surface area contributed by atoms with E-state index < -0.39 is 0 Å². The second-order valence-corrected chi connectivity index (χ2v) is 4.17. The molecule has 0 amide bonds. The summed E-state index contributed by atoms with van der Waals surface area (Å²) in [6.07, 6.45) is 2.16. The van der Waals surface area contributed by atoms with E-state index in [-0.39, 0.29) is 0 Å². The Labute approximate surface area is 90.8 Å². The van der Waals surface area contributed by atoms with Crippen LogP contribution in [0.2, 0.25) is 0 Å². The SMILES string of the molecule is COc1ccccc1N(C)C1CC(N)C1. The van der Waals surface area contributed by atoms with Gasteiger partial charge in [0.05, 0.1) is 12.8 Å². The highest BCUT2D eigenvalue weighted by molar-refractivity contribution is 5.58. The monoisotopic (exact) mass is 206 g/mol. The molecule has 1 aliphatic carbocycles. The van der Waals surface area contributed by atoms with E-state index in [0.717, 1.165) is 24.3 Å². The van der Waals surface area contributed by atoms with Gasteiger partial charge in [0.15, 0.2) is 0 Å². The van der Waals surface area contributed by atoms with E-state index in [0.29, 0.717) is 12.1 Å². The summed E-state index contributed by atoms with van der Waals surface area (Å²) in [5.74, 6) is 0.931. The number of anilines is 1. The van der Waals surface area contributed by atoms with E-state index in [9.17, 15) is 0 Å². The molecule has 1 aromatic carbocycles. The number of rotatable bonds is 3. The Kier molecular flexibility index (Phi) is 2.82. The van der Waals surface area contributed by atoms with Gasteiger partial charge in [-0.2, -0.15) is 0 Å². The molecule has 1 aliphatic rings. The molecule has 0 heterocycles. The third-order valence-electron chi connectivity index (χ3n) is 3.16. The van der Waals surface area contributed by atoms with Crippen molar-refractivity contribution in [3.05, 3.63) is 24.3 Å². The Morgan fingerprint density at radius 2 is 2.00 bits per heavy atom. The summed E-state index contributed by atoms with van der Waals surface area (Å²) in [5.41, 5.74) is 6.95. The minimum Gasteiger partial charge on any atom is -0.495 e. The molecular weight excluding hydrogens is 188 g/mol. The topological polar surface area (TPSA) is 38.5 Å². The standard InChI is InChI=1S/C12H18N2O/c1-14(10-7-9(13)8-10)11-5-3-4-6-12(11)15-2/h3-6,9-10H,7-8,13H2,1-2H3. The molecule has 0 spiro atoms. The van der Waals surface area contributed by atoms with Gasteiger partial charge < -0.3 is 15.4 Å². The number of methoxy groups -OCH3 is 1. The van der Waals surface area contributed by atoms with E-state index in [1.807, 2.05) is 18.2 Å². The van der Waals surface area contributed by atoms with Crippen LogP contribution in [-0.4, -0.2) is 26.2 Å². The average Bonchev–Trinajstić information content (AvgIpc) is 2.24. The minimum atomic E-state index is 0.382. The molecule has 0 aromatic heterocycles. The fraction of sp³-hybridized carbons (Fsp3) is 0.500. The van der Waals surface area contributed by atoms with Crippen LogP contribution in [0.25, 0.3) is 0 Å². The molecule has 3 heteroatoms. The van der Waals surface area contributed by atoms with Crippen molar-refractivity contribution in [2.45, 2.75) is 24.9 Å². The molecule has 1 aromatic rings. The van der Waals surface area contributed by atoms with Crippen LogP contribution in [0.4, 0.5) is 5.69 Å². The van der Waals surface area contributed by atoms with Crippen molar-refractivity contribution >= 4 is 5.69 Å². The third-order valence-corrected chi connectivity index (χ3v) is 3.16. The number of ether oxygens (including phenoxy) is 1. The Balaban J connectivity index is 2.14. The molecule has 0 aliphatic heterocycles. The van der Waals surface area contributed by atoms with Crippen LogP contribution in [0, 0.1) is 0 Å². The Bertz CT molecular complexity index is 334. The van der Waals surface area contributed by atoms with Crippen LogP contribution < -0.4 is 15.4 Å². The Morgan fingerprint density at radius 3 is 2.60 bits per heavy atom. The lowest BCUT2D eigenvalue weighted by Gasteiger charge is -2.41. The lowest BCUT2D eigenvalue weighted by molar-refractivity contribution is 0.336. The number of nitrogens with two attached hydrogens (primary N) is 1. The molecule has 1 fully saturated rings. The molecule has 0 atom stereocenters. The predicted octanol–water partition coefficient (Wildman–Crippen LogP) is 1.62. The highest BCUT2D eigenvalue weighted by Crippen LogP contribution is 2.33. The highest BCUT2D eigenvalue weighted by atomic mass is 16.5. The average molecular weight is 206 g/mol. The lowest BCUT2D eigenvalue weighted by atomic mass is 9.86. The van der Waals surface area contributed by atoms with Crippen molar-refractivity contribution in [3.63, 3.8) is 0 Å². The van der Waals surface area contributed by atoms with Gasteiger partial charge in [-0.3, -0.25) is 0 Å². The van der Waals surface area contributed by atoms with Crippen LogP contribution in [0.1, 0.15) is 12.8 Å². The summed E-state index contributed by atoms with van der Waals surface area (Å²) in [7, 11) is 3.81. The highest BCUT2D eigenvalue weighted by Gasteiger charge is 2.30. The van der Waals surface area contributed by atoms with Gasteiger partial charge in [-0.15, -0.1) is 0 Å². The van der Waals surface area contributed by atoms with Gasteiger partial charge in [-0.05, 0) is 25.0 Å². The molecule has 15 heavy (non-hydrogen) atoms. The smallest absolute Gasteiger partial charge is 0.142 e. The number of nitrogens with zero attached hydrogens (tertiary/aromatic N) is 1. The summed E-state index contributed by atoms with van der Waals surface area (Å²) in [4.78, 5) is 2.27. The van der Waals surface area contributed by atoms with Gasteiger partial charge in [0, 0.05) is 19.1 Å². The fourth-order valence-corrected chi connectivity index (χ4v) is 2.06. The van der Waals surface area contributed by atoms with Gasteiger partial charge in [0.25, 0.3) is 0 Å². The first-order chi connectivity index (χ1) is 7.22. The van der Waals surface area contributed by atoms with Crippen molar-refractivity contribution in [3.8, 4) is 5.75 Å². The van der Waals surface area contributed by atoms with Gasteiger partial charge in [0.1, 0.15) is 5.75 Å². The normalized spacial score (nSPS) is 24.5. The first-order valence-electron chi connectivity index (χ1n) is 5.34. The van der Waals surface area contributed by atoms with Crippen LogP contribution in [-0.2, 0) is 0 Å². The summed E-state index contributed by atoms with van der Waals surface area (Å²) in [5, 5.41) is 0. The van der Waals surface area contributed by atoms with Crippen molar-refractivity contribution in [2.24, 2.45) is 5.73 Å². The quantitative estimate of drug-likeness (QED) is 0.816. The molecular formula is C12H18N2O. The lowest BCUT2D eigenvalue weighted by Crippen LogP contribution is -2.49. The van der Waals surface area contributed by atoms with E-state index in [1.54, 1.807) is 7.11 Å². The summed E-state index contributed by atoms with van der Waals surface area (Å²) >= 11 is 0. The third kappa shape index (κ3) is 1.92. The first kappa shape index (κ1) is 10.3. The zero-order valence-corrected chi connectivity index (χ0v) is 9.31. The van der Waals surface area contributed by atoms with Gasteiger partial charge >= 0.3 is 0 Å². The van der Waals surface area contributed by atoms with Crippen LogP contribution in [0.5, 0.6) is 5.75 Å². The van der Waals surface area contributed by atoms with E-state index in [1.165, 1.54) is 0 Å². The maximum Gasteiger partial charge on any atom is 0.142 e. The number of benzene rings is 1. The minimum absolute atomic E-state index is 0.382. The first-order valence-corrected chi connectivity index (χ1v) is 5.34. The Morgan fingerprint density at radius 1 is 1.33 bits per heavy atom. The molecule has 0 bridgehead atoms. The molecule has 3 nitrogen and oxygen atoms in total. The Hall–Kier alpha value is -1.22. The van der Waals surface area contributed by atoms with E-state index in [4.69, 9.17) is 10.5 Å². The molecule has 0 saturated heterocycles. The zero-order valence-electron chi connectivity index (χ0n) is 9.31. The maximum absolute atomic E-state index is 5.80.